The molecule has 1 aliphatic rings. The van der Waals surface area contributed by atoms with Crippen molar-refractivity contribution >= 4 is 33.2 Å². The van der Waals surface area contributed by atoms with Crippen molar-refractivity contribution in [2.45, 2.75) is 13.3 Å². The molecule has 2 rings (SSSR count). The van der Waals surface area contributed by atoms with Gasteiger partial charge in [0.25, 0.3) is 6.43 Å². The van der Waals surface area contributed by atoms with Crippen LogP contribution in [0.15, 0.2) is 52.7 Å². The minimum Gasteiger partial charge on any atom is -0.335 e. The lowest BCUT2D eigenvalue weighted by molar-refractivity contribution is 0.123. The molecule has 1 aliphatic heterocycles. The first-order valence-electron chi connectivity index (χ1n) is 5.99. The van der Waals surface area contributed by atoms with E-state index in [4.69, 9.17) is 11.6 Å². The minimum absolute atomic E-state index is 0.401. The van der Waals surface area contributed by atoms with Crippen molar-refractivity contribution in [3.63, 3.8) is 0 Å². The molecule has 1 nitrogen and oxygen atoms in total. The topological polar surface area (TPSA) is 3.24 Å². The average Bonchev–Trinajstić information content (AvgIpc) is 2.36. The van der Waals surface area contributed by atoms with Crippen LogP contribution in [0.4, 0.5) is 8.78 Å². The molecule has 0 saturated heterocycles. The third kappa shape index (κ3) is 3.13. The number of hydrogen-bond donors (Lipinski definition) is 0. The summed E-state index contributed by atoms with van der Waals surface area (Å²) in [5.74, 6) is 0. The quantitative estimate of drug-likeness (QED) is 0.689. The summed E-state index contributed by atoms with van der Waals surface area (Å²) in [6.45, 7) is 5.33. The van der Waals surface area contributed by atoms with Gasteiger partial charge in [0, 0.05) is 15.7 Å². The lowest BCUT2D eigenvalue weighted by Gasteiger charge is -2.32. The Bertz CT molecular complexity index is 608. The monoisotopic (exact) mass is 359 g/mol. The molecule has 0 atom stereocenters. The SMILES string of the molecule is C=C1C(C)=CC=C(c2ccc(Br)cc2Cl)N1CC(F)F. The van der Waals surface area contributed by atoms with Gasteiger partial charge in [-0.2, -0.15) is 0 Å². The largest absolute Gasteiger partial charge is 0.335 e. The van der Waals surface area contributed by atoms with Gasteiger partial charge in [0.2, 0.25) is 0 Å². The summed E-state index contributed by atoms with van der Waals surface area (Å²) < 4.78 is 26.4. The zero-order chi connectivity index (χ0) is 14.9. The second-order valence-corrected chi connectivity index (χ2v) is 5.80. The zero-order valence-corrected chi connectivity index (χ0v) is 13.2. The molecular formula is C15H13BrClF2N. The molecule has 5 heteroatoms. The number of allylic oxidation sites excluding steroid dienone is 3. The lowest BCUT2D eigenvalue weighted by Crippen LogP contribution is -2.28. The van der Waals surface area contributed by atoms with Gasteiger partial charge >= 0.3 is 0 Å². The average molecular weight is 361 g/mol. The van der Waals surface area contributed by atoms with Crippen LogP contribution < -0.4 is 0 Å². The van der Waals surface area contributed by atoms with Gasteiger partial charge in [-0.25, -0.2) is 8.78 Å². The van der Waals surface area contributed by atoms with E-state index in [9.17, 15) is 8.78 Å². The van der Waals surface area contributed by atoms with Gasteiger partial charge in [0.05, 0.1) is 17.3 Å². The molecule has 1 aromatic carbocycles. The van der Waals surface area contributed by atoms with Crippen molar-refractivity contribution in [1.82, 2.24) is 4.90 Å². The summed E-state index contributed by atoms with van der Waals surface area (Å²) in [7, 11) is 0. The molecule has 20 heavy (non-hydrogen) atoms. The van der Waals surface area contributed by atoms with E-state index >= 15 is 0 Å². The van der Waals surface area contributed by atoms with Crippen molar-refractivity contribution < 1.29 is 8.78 Å². The van der Waals surface area contributed by atoms with Crippen molar-refractivity contribution in [2.24, 2.45) is 0 Å². The maximum atomic E-state index is 12.8. The summed E-state index contributed by atoms with van der Waals surface area (Å²) in [5.41, 5.74) is 2.78. The molecule has 0 amide bonds. The van der Waals surface area contributed by atoms with Gasteiger partial charge in [-0.1, -0.05) is 46.3 Å². The maximum Gasteiger partial charge on any atom is 0.256 e. The number of nitrogens with zero attached hydrogens (tertiary/aromatic N) is 1. The van der Waals surface area contributed by atoms with Crippen LogP contribution in [0.1, 0.15) is 12.5 Å². The van der Waals surface area contributed by atoms with E-state index in [1.54, 1.807) is 18.2 Å². The number of rotatable bonds is 3. The molecule has 0 fully saturated rings. The molecule has 0 bridgehead atoms. The van der Waals surface area contributed by atoms with E-state index in [1.165, 1.54) is 4.90 Å². The van der Waals surface area contributed by atoms with Crippen LogP contribution >= 0.6 is 27.5 Å². The van der Waals surface area contributed by atoms with Crippen LogP contribution in [0.25, 0.3) is 5.70 Å². The second kappa shape index (κ2) is 6.10. The molecule has 0 N–H and O–H groups in total. The van der Waals surface area contributed by atoms with Crippen LogP contribution in [-0.4, -0.2) is 17.9 Å². The van der Waals surface area contributed by atoms with E-state index in [0.29, 0.717) is 22.0 Å². The highest BCUT2D eigenvalue weighted by atomic mass is 79.9. The number of benzene rings is 1. The van der Waals surface area contributed by atoms with Crippen LogP contribution in [-0.2, 0) is 0 Å². The van der Waals surface area contributed by atoms with E-state index in [0.717, 1.165) is 10.0 Å². The Labute approximate surface area is 130 Å². The highest BCUT2D eigenvalue weighted by Gasteiger charge is 2.23. The predicted molar refractivity (Wildman–Crippen MR) is 82.7 cm³/mol. The summed E-state index contributed by atoms with van der Waals surface area (Å²) in [6, 6.07) is 5.38. The Morgan fingerprint density at radius 2 is 2.05 bits per heavy atom. The standard InChI is InChI=1S/C15H13BrClF2N/c1-9-3-6-14(20(10(9)2)8-15(18)19)12-5-4-11(16)7-13(12)17/h3-7,15H,2,8H2,1H3. The van der Waals surface area contributed by atoms with Gasteiger partial charge in [0.15, 0.2) is 0 Å². The van der Waals surface area contributed by atoms with Crippen LogP contribution in [0.5, 0.6) is 0 Å². The molecule has 1 aromatic rings. The second-order valence-electron chi connectivity index (χ2n) is 4.47. The van der Waals surface area contributed by atoms with Gasteiger partial charge in [-0.15, -0.1) is 0 Å². The Balaban J connectivity index is 2.48. The van der Waals surface area contributed by atoms with Crippen LogP contribution in [0.3, 0.4) is 0 Å². The van der Waals surface area contributed by atoms with Crippen molar-refractivity contribution in [3.05, 3.63) is 63.3 Å². The first kappa shape index (κ1) is 15.3. The highest BCUT2D eigenvalue weighted by molar-refractivity contribution is 9.10. The molecule has 106 valence electrons. The Kier molecular flexibility index (Phi) is 4.66. The first-order valence-corrected chi connectivity index (χ1v) is 7.16. The van der Waals surface area contributed by atoms with Gasteiger partial charge < -0.3 is 4.90 Å². The highest BCUT2D eigenvalue weighted by Crippen LogP contribution is 2.35. The molecule has 1 heterocycles. The third-order valence-electron chi connectivity index (χ3n) is 3.09. The van der Waals surface area contributed by atoms with Crippen molar-refractivity contribution in [2.75, 3.05) is 6.54 Å². The fraction of sp³-hybridized carbons (Fsp3) is 0.200. The van der Waals surface area contributed by atoms with Gasteiger partial charge in [-0.3, -0.25) is 0 Å². The molecule has 0 radical (unpaired) electrons. The summed E-state index contributed by atoms with van der Waals surface area (Å²) >= 11 is 9.54. The Morgan fingerprint density at radius 3 is 2.65 bits per heavy atom. The predicted octanol–water partition coefficient (Wildman–Crippen LogP) is 5.48. The van der Waals surface area contributed by atoms with Crippen LogP contribution in [0.2, 0.25) is 5.02 Å². The molecule has 0 unspecified atom stereocenters. The molecular weight excluding hydrogens is 348 g/mol. The number of hydrogen-bond acceptors (Lipinski definition) is 1. The minimum atomic E-state index is -2.45. The van der Waals surface area contributed by atoms with Gasteiger partial charge in [-0.05, 0) is 30.7 Å². The maximum absolute atomic E-state index is 12.8. The van der Waals surface area contributed by atoms with E-state index in [1.807, 2.05) is 19.1 Å². The first-order chi connectivity index (χ1) is 9.40. The Hall–Kier alpha value is -1.13. The lowest BCUT2D eigenvalue weighted by atomic mass is 10.0. The fourth-order valence-electron chi connectivity index (χ4n) is 2.03. The molecule has 0 aliphatic carbocycles. The molecule has 0 aromatic heterocycles. The molecule has 0 saturated carbocycles. The number of alkyl halides is 2. The smallest absolute Gasteiger partial charge is 0.256 e. The summed E-state index contributed by atoms with van der Waals surface area (Å²) in [6.07, 6.45) is 1.20. The number of halogens is 4. The summed E-state index contributed by atoms with van der Waals surface area (Å²) in [5, 5.41) is 0.505. The fourth-order valence-corrected chi connectivity index (χ4v) is 2.80. The van der Waals surface area contributed by atoms with E-state index < -0.39 is 13.0 Å². The van der Waals surface area contributed by atoms with E-state index in [-0.39, 0.29) is 0 Å². The zero-order valence-electron chi connectivity index (χ0n) is 10.8. The molecule has 0 spiro atoms. The van der Waals surface area contributed by atoms with Crippen molar-refractivity contribution in [1.29, 1.82) is 0 Å². The summed E-state index contributed by atoms with van der Waals surface area (Å²) in [4.78, 5) is 1.51. The van der Waals surface area contributed by atoms with Crippen LogP contribution in [0, 0.1) is 0 Å². The van der Waals surface area contributed by atoms with Crippen molar-refractivity contribution in [3.8, 4) is 0 Å². The Morgan fingerprint density at radius 1 is 1.35 bits per heavy atom. The van der Waals surface area contributed by atoms with Gasteiger partial charge in [0.1, 0.15) is 0 Å². The normalized spacial score (nSPS) is 15.5. The third-order valence-corrected chi connectivity index (χ3v) is 3.90. The van der Waals surface area contributed by atoms with E-state index in [2.05, 4.69) is 22.5 Å².